The van der Waals surface area contributed by atoms with Crippen LogP contribution in [0.2, 0.25) is 0 Å². The van der Waals surface area contributed by atoms with Gasteiger partial charge in [-0.05, 0) is 80.2 Å². The number of hydrogen-bond acceptors (Lipinski definition) is 7. The molecule has 1 aromatic heterocycles. The van der Waals surface area contributed by atoms with Gasteiger partial charge in [-0.2, -0.15) is 0 Å². The van der Waals surface area contributed by atoms with Crippen LogP contribution in [0, 0.1) is 36.5 Å². The van der Waals surface area contributed by atoms with E-state index in [1.807, 2.05) is 60.4 Å². The maximum Gasteiger partial charge on any atom is 0.305 e. The first-order valence-corrected chi connectivity index (χ1v) is 16.9. The number of aromatic amines is 1. The molecule has 2 aromatic carbocycles. The number of nitrogens with one attached hydrogen (secondary N) is 1. The van der Waals surface area contributed by atoms with E-state index in [4.69, 9.17) is 4.74 Å². The SMILES string of the molecule is Cc1ccc(N2C(=O)C3C(C2=O)[C@@H]2C[C@H]3C3Sc4[nH]c(=O)sc4[C@H](c4ccc(OCC(=O)N5CCCCC5)cc4)C32)cc1. The molecule has 3 aromatic rings. The highest BCUT2D eigenvalue weighted by Crippen LogP contribution is 2.68. The summed E-state index contributed by atoms with van der Waals surface area (Å²) in [6, 6.07) is 15.5. The number of carbonyl (C=O) groups excluding carboxylic acids is 3. The van der Waals surface area contributed by atoms with Gasteiger partial charge >= 0.3 is 4.87 Å². The number of amides is 3. The van der Waals surface area contributed by atoms with Crippen LogP contribution in [-0.2, 0) is 14.4 Å². The maximum absolute atomic E-state index is 13.9. The Morgan fingerprint density at radius 2 is 1.63 bits per heavy atom. The van der Waals surface area contributed by atoms with Crippen LogP contribution in [0.5, 0.6) is 5.75 Å². The number of hydrogen-bond donors (Lipinski definition) is 1. The first kappa shape index (κ1) is 27.2. The molecule has 0 spiro atoms. The molecule has 43 heavy (non-hydrogen) atoms. The molecular formula is C33H33N3O5S2. The highest BCUT2D eigenvalue weighted by atomic mass is 32.2. The van der Waals surface area contributed by atoms with E-state index in [-0.39, 0.29) is 70.0 Å². The molecule has 2 saturated heterocycles. The minimum absolute atomic E-state index is 0.0182. The molecule has 8 nitrogen and oxygen atoms in total. The van der Waals surface area contributed by atoms with Crippen molar-refractivity contribution in [3.63, 3.8) is 0 Å². The van der Waals surface area contributed by atoms with Gasteiger partial charge < -0.3 is 14.6 Å². The summed E-state index contributed by atoms with van der Waals surface area (Å²) in [6.07, 6.45) is 4.11. The number of piperidine rings is 1. The number of rotatable bonds is 5. The number of imide groups is 1. The molecule has 4 heterocycles. The Balaban J connectivity index is 1.08. The number of ether oxygens (including phenoxy) is 1. The van der Waals surface area contributed by atoms with E-state index in [1.54, 1.807) is 11.8 Å². The lowest BCUT2D eigenvalue weighted by Crippen LogP contribution is -2.42. The monoisotopic (exact) mass is 615 g/mol. The second-order valence-electron chi connectivity index (χ2n) is 12.6. The Morgan fingerprint density at radius 1 is 0.930 bits per heavy atom. The lowest BCUT2D eigenvalue weighted by Gasteiger charge is -2.43. The number of anilines is 1. The van der Waals surface area contributed by atoms with E-state index in [1.165, 1.54) is 22.7 Å². The Morgan fingerprint density at radius 3 is 2.35 bits per heavy atom. The highest BCUT2D eigenvalue weighted by Gasteiger charge is 2.69. The molecule has 222 valence electrons. The van der Waals surface area contributed by atoms with Crippen molar-refractivity contribution in [3.8, 4) is 5.75 Å². The third-order valence-corrected chi connectivity index (χ3v) is 12.9. The zero-order valence-corrected chi connectivity index (χ0v) is 25.5. The third-order valence-electron chi connectivity index (χ3n) is 10.3. The van der Waals surface area contributed by atoms with Crippen molar-refractivity contribution in [2.75, 3.05) is 24.6 Å². The standard InChI is InChI=1S/C33H33N3O5S2/c1-17-5-9-19(10-6-17)36-31(38)26-21-15-22(27(26)32(36)39)28-25(21)24(29-30(42-28)34-33(40)43-29)18-7-11-20(12-8-18)41-16-23(37)35-13-3-2-4-14-35/h5-12,21-22,24-28H,2-4,13-16H2,1H3,(H,34,40)/t21-,22-,24-,25?,26?,27?,28?/m1/s1. The van der Waals surface area contributed by atoms with Crippen molar-refractivity contribution in [1.29, 1.82) is 0 Å². The van der Waals surface area contributed by atoms with Gasteiger partial charge in [0.05, 0.1) is 22.5 Å². The lowest BCUT2D eigenvalue weighted by molar-refractivity contribution is -0.134. The van der Waals surface area contributed by atoms with E-state index in [0.717, 1.165) is 53.4 Å². The fraction of sp³-hybridized carbons (Fsp3) is 0.455. The summed E-state index contributed by atoms with van der Waals surface area (Å²) in [4.78, 5) is 60.2. The molecule has 4 fully saturated rings. The van der Waals surface area contributed by atoms with Gasteiger partial charge in [-0.3, -0.25) is 24.1 Å². The minimum Gasteiger partial charge on any atom is -0.484 e. The van der Waals surface area contributed by atoms with Crippen LogP contribution in [-0.4, -0.2) is 52.6 Å². The van der Waals surface area contributed by atoms with Gasteiger partial charge in [0.1, 0.15) is 5.75 Å². The predicted octanol–water partition coefficient (Wildman–Crippen LogP) is 4.81. The van der Waals surface area contributed by atoms with Crippen LogP contribution >= 0.6 is 23.1 Å². The molecule has 4 unspecified atom stereocenters. The van der Waals surface area contributed by atoms with Crippen LogP contribution < -0.4 is 14.5 Å². The number of aryl methyl sites for hydroxylation is 1. The number of thioether (sulfide) groups is 1. The quantitative estimate of drug-likeness (QED) is 0.414. The van der Waals surface area contributed by atoms with Crippen molar-refractivity contribution in [1.82, 2.24) is 9.88 Å². The number of benzene rings is 2. The van der Waals surface area contributed by atoms with Gasteiger partial charge in [-0.1, -0.05) is 41.2 Å². The highest BCUT2D eigenvalue weighted by molar-refractivity contribution is 8.00. The number of likely N-dealkylation sites (tertiary alicyclic amines) is 1. The Bertz CT molecular complexity index is 1660. The van der Waals surface area contributed by atoms with Crippen LogP contribution in [0.4, 0.5) is 5.69 Å². The Kier molecular flexibility index (Phi) is 6.56. The maximum atomic E-state index is 13.9. The molecule has 2 bridgehead atoms. The van der Waals surface area contributed by atoms with Gasteiger partial charge in [-0.25, -0.2) is 0 Å². The smallest absolute Gasteiger partial charge is 0.305 e. The summed E-state index contributed by atoms with van der Waals surface area (Å²) < 4.78 is 5.88. The van der Waals surface area contributed by atoms with Crippen molar-refractivity contribution in [2.45, 2.75) is 48.8 Å². The van der Waals surface area contributed by atoms with Crippen molar-refractivity contribution in [2.24, 2.45) is 29.6 Å². The number of fused-ring (bicyclic) bond motifs is 9. The molecule has 8 rings (SSSR count). The number of carbonyl (C=O) groups is 3. The van der Waals surface area contributed by atoms with Gasteiger partial charge in [0, 0.05) is 29.1 Å². The van der Waals surface area contributed by atoms with Crippen molar-refractivity contribution in [3.05, 3.63) is 74.2 Å². The first-order valence-electron chi connectivity index (χ1n) is 15.2. The molecule has 10 heteroatoms. The molecule has 3 amide bonds. The molecule has 2 saturated carbocycles. The molecule has 1 N–H and O–H groups in total. The van der Waals surface area contributed by atoms with E-state index >= 15 is 0 Å². The molecule has 2 aliphatic carbocycles. The van der Waals surface area contributed by atoms with E-state index < -0.39 is 0 Å². The van der Waals surface area contributed by atoms with Crippen LogP contribution in [0.3, 0.4) is 0 Å². The normalized spacial score (nSPS) is 30.8. The Labute approximate surface area is 257 Å². The number of H-pyrrole nitrogens is 1. The lowest BCUT2D eigenvalue weighted by atomic mass is 9.68. The molecular weight excluding hydrogens is 583 g/mol. The van der Waals surface area contributed by atoms with Crippen molar-refractivity contribution >= 4 is 46.5 Å². The molecule has 7 atom stereocenters. The van der Waals surface area contributed by atoms with Gasteiger partial charge in [0.2, 0.25) is 11.8 Å². The largest absolute Gasteiger partial charge is 0.484 e. The average Bonchev–Trinajstić information content (AvgIpc) is 3.76. The molecule has 5 aliphatic rings. The van der Waals surface area contributed by atoms with Gasteiger partial charge in [0.15, 0.2) is 6.61 Å². The molecule has 0 radical (unpaired) electrons. The minimum atomic E-state index is -0.330. The second-order valence-corrected chi connectivity index (χ2v) is 14.8. The van der Waals surface area contributed by atoms with Crippen molar-refractivity contribution < 1.29 is 19.1 Å². The summed E-state index contributed by atoms with van der Waals surface area (Å²) in [6.45, 7) is 3.61. The summed E-state index contributed by atoms with van der Waals surface area (Å²) in [5.41, 5.74) is 2.80. The van der Waals surface area contributed by atoms with E-state index in [2.05, 4.69) is 4.98 Å². The van der Waals surface area contributed by atoms with Gasteiger partial charge in [0.25, 0.3) is 5.91 Å². The first-order chi connectivity index (χ1) is 20.9. The second kappa shape index (κ2) is 10.4. The number of nitrogens with zero attached hydrogens (tertiary/aromatic N) is 2. The Hall–Kier alpha value is -3.37. The zero-order valence-electron chi connectivity index (χ0n) is 23.9. The van der Waals surface area contributed by atoms with Crippen LogP contribution in [0.15, 0.2) is 58.4 Å². The fourth-order valence-corrected chi connectivity index (χ4v) is 11.4. The summed E-state index contributed by atoms with van der Waals surface area (Å²) in [5.74, 6) is 0.0837. The number of aromatic nitrogens is 1. The number of thiazole rings is 1. The summed E-state index contributed by atoms with van der Waals surface area (Å²) in [5, 5.41) is 1.03. The molecule has 3 aliphatic heterocycles. The fourth-order valence-electron chi connectivity index (χ4n) is 8.49. The van der Waals surface area contributed by atoms with E-state index in [0.29, 0.717) is 11.4 Å². The average molecular weight is 616 g/mol. The van der Waals surface area contributed by atoms with E-state index in [9.17, 15) is 19.2 Å². The predicted molar refractivity (Wildman–Crippen MR) is 165 cm³/mol. The third kappa shape index (κ3) is 4.31. The summed E-state index contributed by atoms with van der Waals surface area (Å²) in [7, 11) is 0. The zero-order chi connectivity index (χ0) is 29.4. The van der Waals surface area contributed by atoms with Gasteiger partial charge in [-0.15, -0.1) is 11.8 Å². The van der Waals surface area contributed by atoms with Crippen LogP contribution in [0.25, 0.3) is 0 Å². The topological polar surface area (TPSA) is 99.8 Å². The van der Waals surface area contributed by atoms with Crippen LogP contribution in [0.1, 0.15) is 47.6 Å². The summed E-state index contributed by atoms with van der Waals surface area (Å²) >= 11 is 2.95.